The highest BCUT2D eigenvalue weighted by Crippen LogP contribution is 2.50. The number of allylic oxidation sites excluding steroid dienone is 1. The topological polar surface area (TPSA) is 76.7 Å². The van der Waals surface area contributed by atoms with E-state index in [1.807, 2.05) is 0 Å². The quantitative estimate of drug-likeness (QED) is 0.616. The SMILES string of the molecule is C/C=C(\N=C(Cl)C(C)C(=O)O)n1ccc(OCCC(C2CC2)C2CC2)n1. The number of aromatic nitrogens is 2. The van der Waals surface area contributed by atoms with E-state index in [2.05, 4.69) is 10.1 Å². The van der Waals surface area contributed by atoms with Gasteiger partial charge in [-0.2, -0.15) is 0 Å². The fraction of sp³-hybridized carbons (Fsp3) is 0.632. The molecule has 2 saturated carbocycles. The van der Waals surface area contributed by atoms with E-state index in [1.54, 1.807) is 29.9 Å². The van der Waals surface area contributed by atoms with Gasteiger partial charge in [0, 0.05) is 12.3 Å². The molecule has 1 atom stereocenters. The van der Waals surface area contributed by atoms with Crippen LogP contribution in [0.5, 0.6) is 5.88 Å². The molecule has 26 heavy (non-hydrogen) atoms. The van der Waals surface area contributed by atoms with Crippen LogP contribution >= 0.6 is 11.6 Å². The Morgan fingerprint density at radius 2 is 2.12 bits per heavy atom. The lowest BCUT2D eigenvalue weighted by Gasteiger charge is -2.14. The third-order valence-electron chi connectivity index (χ3n) is 5.16. The molecule has 1 aromatic heterocycles. The van der Waals surface area contributed by atoms with Crippen molar-refractivity contribution < 1.29 is 14.6 Å². The van der Waals surface area contributed by atoms with Crippen LogP contribution in [0.3, 0.4) is 0 Å². The molecule has 0 radical (unpaired) electrons. The number of carbonyl (C=O) groups is 1. The molecule has 2 aliphatic rings. The van der Waals surface area contributed by atoms with Gasteiger partial charge in [0.1, 0.15) is 11.1 Å². The van der Waals surface area contributed by atoms with Gasteiger partial charge in [-0.3, -0.25) is 4.79 Å². The lowest BCUT2D eigenvalue weighted by molar-refractivity contribution is -0.138. The first kappa shape index (κ1) is 19.0. The van der Waals surface area contributed by atoms with Crippen molar-refractivity contribution in [2.75, 3.05) is 6.61 Å². The summed E-state index contributed by atoms with van der Waals surface area (Å²) in [4.78, 5) is 15.2. The maximum Gasteiger partial charge on any atom is 0.313 e. The summed E-state index contributed by atoms with van der Waals surface area (Å²) in [5.74, 6) is 1.81. The summed E-state index contributed by atoms with van der Waals surface area (Å²) in [7, 11) is 0. The minimum absolute atomic E-state index is 0.0141. The third kappa shape index (κ3) is 4.87. The molecule has 1 heterocycles. The van der Waals surface area contributed by atoms with Crippen LogP contribution in [0.1, 0.15) is 46.0 Å². The summed E-state index contributed by atoms with van der Waals surface area (Å²) in [5.41, 5.74) is 0. The molecule has 0 amide bonds. The van der Waals surface area contributed by atoms with Crippen LogP contribution in [0.15, 0.2) is 23.3 Å². The fourth-order valence-electron chi connectivity index (χ4n) is 3.27. The Bertz CT molecular complexity index is 693. The number of carboxylic acids is 1. The fourth-order valence-corrected chi connectivity index (χ4v) is 3.45. The van der Waals surface area contributed by atoms with Gasteiger partial charge in [-0.25, -0.2) is 9.67 Å². The Morgan fingerprint density at radius 1 is 1.46 bits per heavy atom. The van der Waals surface area contributed by atoms with Gasteiger partial charge in [0.05, 0.1) is 6.61 Å². The average Bonchev–Trinajstić information content (AvgIpc) is 3.55. The van der Waals surface area contributed by atoms with Gasteiger partial charge in [-0.15, -0.1) is 5.10 Å². The van der Waals surface area contributed by atoms with E-state index < -0.39 is 11.9 Å². The maximum atomic E-state index is 11.0. The van der Waals surface area contributed by atoms with Gasteiger partial charge in [0.2, 0.25) is 5.88 Å². The minimum Gasteiger partial charge on any atom is -0.481 e. The second-order valence-electron chi connectivity index (χ2n) is 7.22. The molecule has 3 rings (SSSR count). The number of hydrogen-bond donors (Lipinski definition) is 1. The van der Waals surface area contributed by atoms with Crippen molar-refractivity contribution in [1.82, 2.24) is 9.78 Å². The molecule has 0 bridgehead atoms. The summed E-state index contributed by atoms with van der Waals surface area (Å²) in [5, 5.41) is 13.4. The number of aliphatic carboxylic acids is 1. The van der Waals surface area contributed by atoms with E-state index >= 15 is 0 Å². The first-order valence-corrected chi connectivity index (χ1v) is 9.69. The molecule has 2 aliphatic carbocycles. The van der Waals surface area contributed by atoms with Crippen molar-refractivity contribution in [3.8, 4) is 5.88 Å². The molecular formula is C19H26ClN3O3. The van der Waals surface area contributed by atoms with E-state index in [0.717, 1.165) is 24.2 Å². The Labute approximate surface area is 158 Å². The molecule has 142 valence electrons. The number of carboxylic acid groups (broad SMARTS) is 1. The first-order chi connectivity index (χ1) is 12.5. The molecule has 1 N–H and O–H groups in total. The van der Waals surface area contributed by atoms with E-state index in [4.69, 9.17) is 21.4 Å². The second-order valence-corrected chi connectivity index (χ2v) is 7.60. The highest BCUT2D eigenvalue weighted by Gasteiger charge is 2.40. The number of nitrogens with zero attached hydrogens (tertiary/aromatic N) is 3. The predicted octanol–water partition coefficient (Wildman–Crippen LogP) is 4.26. The van der Waals surface area contributed by atoms with Crippen molar-refractivity contribution in [1.29, 1.82) is 0 Å². The normalized spacial score (nSPS) is 19.7. The van der Waals surface area contributed by atoms with E-state index in [-0.39, 0.29) is 5.17 Å². The summed E-state index contributed by atoms with van der Waals surface area (Å²) in [6, 6.07) is 1.79. The summed E-state index contributed by atoms with van der Waals surface area (Å²) >= 11 is 6.00. The Balaban J connectivity index is 1.55. The molecule has 2 fully saturated rings. The van der Waals surface area contributed by atoms with Crippen LogP contribution < -0.4 is 4.74 Å². The monoisotopic (exact) mass is 379 g/mol. The molecular weight excluding hydrogens is 354 g/mol. The number of hydrogen-bond acceptors (Lipinski definition) is 4. The minimum atomic E-state index is -1.01. The molecule has 0 aliphatic heterocycles. The van der Waals surface area contributed by atoms with Crippen LogP contribution in [0.25, 0.3) is 5.82 Å². The summed E-state index contributed by atoms with van der Waals surface area (Å²) in [6.07, 6.45) is 10.1. The average molecular weight is 380 g/mol. The molecule has 1 unspecified atom stereocenters. The maximum absolute atomic E-state index is 11.0. The Kier molecular flexibility index (Phi) is 6.01. The van der Waals surface area contributed by atoms with Crippen LogP contribution in [0.2, 0.25) is 0 Å². The highest BCUT2D eigenvalue weighted by atomic mass is 35.5. The first-order valence-electron chi connectivity index (χ1n) is 9.31. The van der Waals surface area contributed by atoms with Gasteiger partial charge in [0.25, 0.3) is 0 Å². The zero-order chi connectivity index (χ0) is 18.7. The van der Waals surface area contributed by atoms with Crippen molar-refractivity contribution >= 4 is 28.6 Å². The van der Waals surface area contributed by atoms with Crippen molar-refractivity contribution in [2.45, 2.75) is 46.0 Å². The van der Waals surface area contributed by atoms with Gasteiger partial charge in [-0.1, -0.05) is 11.6 Å². The Hall–Kier alpha value is -1.82. The largest absolute Gasteiger partial charge is 0.481 e. The van der Waals surface area contributed by atoms with Gasteiger partial charge < -0.3 is 9.84 Å². The number of halogens is 1. The van der Waals surface area contributed by atoms with Crippen LogP contribution in [-0.2, 0) is 4.79 Å². The van der Waals surface area contributed by atoms with E-state index in [9.17, 15) is 4.79 Å². The summed E-state index contributed by atoms with van der Waals surface area (Å²) < 4.78 is 7.37. The van der Waals surface area contributed by atoms with Gasteiger partial charge in [0.15, 0.2) is 5.82 Å². The molecule has 0 spiro atoms. The van der Waals surface area contributed by atoms with E-state index in [1.165, 1.54) is 32.6 Å². The number of ether oxygens (including phenoxy) is 1. The smallest absolute Gasteiger partial charge is 0.313 e. The molecule has 6 nitrogen and oxygen atoms in total. The number of aliphatic imine (C=N–C) groups is 1. The van der Waals surface area contributed by atoms with Crippen LogP contribution in [0, 0.1) is 23.7 Å². The highest BCUT2D eigenvalue weighted by molar-refractivity contribution is 6.67. The van der Waals surface area contributed by atoms with Crippen molar-refractivity contribution in [3.63, 3.8) is 0 Å². The predicted molar refractivity (Wildman–Crippen MR) is 101 cm³/mol. The lowest BCUT2D eigenvalue weighted by atomic mass is 9.95. The number of rotatable bonds is 10. The zero-order valence-electron chi connectivity index (χ0n) is 15.3. The third-order valence-corrected chi connectivity index (χ3v) is 5.57. The molecule has 1 aromatic rings. The Morgan fingerprint density at radius 3 is 2.65 bits per heavy atom. The molecule has 0 aromatic carbocycles. The van der Waals surface area contributed by atoms with Gasteiger partial charge in [-0.05, 0) is 69.8 Å². The van der Waals surface area contributed by atoms with Crippen LogP contribution in [0.4, 0.5) is 0 Å². The van der Waals surface area contributed by atoms with E-state index in [0.29, 0.717) is 18.3 Å². The van der Waals surface area contributed by atoms with Crippen LogP contribution in [-0.4, -0.2) is 32.6 Å². The van der Waals surface area contributed by atoms with Crippen molar-refractivity contribution in [2.24, 2.45) is 28.7 Å². The molecule has 0 saturated heterocycles. The zero-order valence-corrected chi connectivity index (χ0v) is 16.0. The second kappa shape index (κ2) is 8.25. The molecule has 7 heteroatoms. The summed E-state index contributed by atoms with van der Waals surface area (Å²) in [6.45, 7) is 3.97. The lowest BCUT2D eigenvalue weighted by Crippen LogP contribution is -2.16. The standard InChI is InChI=1S/C19H26ClN3O3/c1-3-16(21-18(20)12(2)19(24)25)23-10-8-17(22-23)26-11-9-15(13-4-5-13)14-6-7-14/h3,8,10,12-15H,4-7,9,11H2,1-2H3,(H,24,25)/b16-3+,21-18?. The van der Waals surface area contributed by atoms with Crippen molar-refractivity contribution in [3.05, 3.63) is 18.3 Å². The van der Waals surface area contributed by atoms with Gasteiger partial charge >= 0.3 is 5.97 Å².